The SMILES string of the molecule is Cc1ccc(OCC(=O)NN=Cc2ccc(OC(=O)c3ccccc3)c(OC(=O)c3ccccc3)c2)c(Br)c1. The third-order valence-corrected chi connectivity index (χ3v) is 5.86. The summed E-state index contributed by atoms with van der Waals surface area (Å²) in [6, 6.07) is 26.9. The fourth-order valence-electron chi connectivity index (χ4n) is 3.31. The first kappa shape index (κ1) is 27.3. The van der Waals surface area contributed by atoms with E-state index in [0.717, 1.165) is 10.0 Å². The van der Waals surface area contributed by atoms with E-state index >= 15 is 0 Å². The molecule has 39 heavy (non-hydrogen) atoms. The Kier molecular flexibility index (Phi) is 9.20. The summed E-state index contributed by atoms with van der Waals surface area (Å²) in [5, 5.41) is 3.94. The van der Waals surface area contributed by atoms with Crippen LogP contribution in [-0.2, 0) is 4.79 Å². The molecule has 9 heteroatoms. The molecule has 0 spiro atoms. The number of nitrogens with zero attached hydrogens (tertiary/aromatic N) is 1. The first-order chi connectivity index (χ1) is 18.9. The molecule has 8 nitrogen and oxygen atoms in total. The molecule has 4 aromatic carbocycles. The fourth-order valence-corrected chi connectivity index (χ4v) is 3.92. The van der Waals surface area contributed by atoms with Gasteiger partial charge >= 0.3 is 11.9 Å². The summed E-state index contributed by atoms with van der Waals surface area (Å²) < 4.78 is 17.3. The van der Waals surface area contributed by atoms with Gasteiger partial charge < -0.3 is 14.2 Å². The van der Waals surface area contributed by atoms with Gasteiger partial charge in [0.25, 0.3) is 5.91 Å². The lowest BCUT2D eigenvalue weighted by Crippen LogP contribution is -2.24. The van der Waals surface area contributed by atoms with E-state index in [1.165, 1.54) is 18.3 Å². The third-order valence-electron chi connectivity index (χ3n) is 5.24. The molecular weight excluding hydrogens is 564 g/mol. The van der Waals surface area contributed by atoms with Crippen molar-refractivity contribution >= 4 is 40.0 Å². The molecule has 4 aromatic rings. The number of hydrogen-bond donors (Lipinski definition) is 1. The van der Waals surface area contributed by atoms with E-state index in [1.54, 1.807) is 72.8 Å². The highest BCUT2D eigenvalue weighted by molar-refractivity contribution is 9.10. The molecule has 1 N–H and O–H groups in total. The van der Waals surface area contributed by atoms with Crippen LogP contribution in [-0.4, -0.2) is 30.7 Å². The molecule has 0 heterocycles. The van der Waals surface area contributed by atoms with Crippen LogP contribution in [0.1, 0.15) is 31.8 Å². The van der Waals surface area contributed by atoms with E-state index in [9.17, 15) is 14.4 Å². The molecule has 0 saturated heterocycles. The molecule has 196 valence electrons. The average molecular weight is 587 g/mol. The van der Waals surface area contributed by atoms with Gasteiger partial charge in [0.05, 0.1) is 21.8 Å². The minimum Gasteiger partial charge on any atom is -0.483 e. The molecule has 0 atom stereocenters. The zero-order valence-electron chi connectivity index (χ0n) is 20.8. The Hall–Kier alpha value is -4.76. The Morgan fingerprint density at radius 1 is 0.769 bits per heavy atom. The average Bonchev–Trinajstić information content (AvgIpc) is 2.94. The van der Waals surface area contributed by atoms with Crippen LogP contribution in [0.25, 0.3) is 0 Å². The summed E-state index contributed by atoms with van der Waals surface area (Å²) >= 11 is 3.40. The zero-order valence-corrected chi connectivity index (χ0v) is 22.4. The number of carbonyl (C=O) groups is 3. The van der Waals surface area contributed by atoms with Crippen molar-refractivity contribution < 1.29 is 28.6 Å². The molecule has 0 bridgehead atoms. The van der Waals surface area contributed by atoms with Crippen molar-refractivity contribution in [1.29, 1.82) is 0 Å². The number of carbonyl (C=O) groups excluding carboxylic acids is 3. The molecular formula is C30H23BrN2O6. The number of hydrazone groups is 1. The lowest BCUT2D eigenvalue weighted by molar-refractivity contribution is -0.123. The molecule has 0 aliphatic carbocycles. The summed E-state index contributed by atoms with van der Waals surface area (Å²) in [5.74, 6) is -1.12. The van der Waals surface area contributed by atoms with Gasteiger partial charge in [-0.1, -0.05) is 42.5 Å². The molecule has 1 amide bonds. The number of ether oxygens (including phenoxy) is 3. The Morgan fingerprint density at radius 3 is 1.97 bits per heavy atom. The summed E-state index contributed by atoms with van der Waals surface area (Å²) in [7, 11) is 0. The van der Waals surface area contributed by atoms with Crippen molar-refractivity contribution in [2.24, 2.45) is 5.10 Å². The Bertz CT molecular complexity index is 1510. The number of amides is 1. The first-order valence-corrected chi connectivity index (χ1v) is 12.6. The summed E-state index contributed by atoms with van der Waals surface area (Å²) in [6.45, 7) is 1.71. The highest BCUT2D eigenvalue weighted by atomic mass is 79.9. The normalized spacial score (nSPS) is 10.6. The van der Waals surface area contributed by atoms with E-state index in [4.69, 9.17) is 14.2 Å². The van der Waals surface area contributed by atoms with Crippen molar-refractivity contribution in [3.8, 4) is 17.2 Å². The molecule has 0 aliphatic heterocycles. The maximum Gasteiger partial charge on any atom is 0.343 e. The second-order valence-electron chi connectivity index (χ2n) is 8.23. The number of rotatable bonds is 9. The summed E-state index contributed by atoms with van der Waals surface area (Å²) in [5.41, 5.74) is 4.58. The van der Waals surface area contributed by atoms with Crippen LogP contribution < -0.4 is 19.6 Å². The number of aryl methyl sites for hydroxylation is 1. The van der Waals surface area contributed by atoms with Gasteiger partial charge in [0.15, 0.2) is 18.1 Å². The van der Waals surface area contributed by atoms with Crippen LogP contribution in [0.4, 0.5) is 0 Å². The van der Waals surface area contributed by atoms with Gasteiger partial charge in [0.2, 0.25) is 0 Å². The first-order valence-electron chi connectivity index (χ1n) is 11.8. The van der Waals surface area contributed by atoms with E-state index in [2.05, 4.69) is 26.5 Å². The number of halogens is 1. The third kappa shape index (κ3) is 7.86. The topological polar surface area (TPSA) is 103 Å². The Balaban J connectivity index is 1.46. The molecule has 0 unspecified atom stereocenters. The second-order valence-corrected chi connectivity index (χ2v) is 9.09. The van der Waals surface area contributed by atoms with Gasteiger partial charge in [-0.2, -0.15) is 5.10 Å². The van der Waals surface area contributed by atoms with Crippen LogP contribution in [0.15, 0.2) is 107 Å². The summed E-state index contributed by atoms with van der Waals surface area (Å²) in [4.78, 5) is 37.5. The van der Waals surface area contributed by atoms with E-state index in [-0.39, 0.29) is 18.1 Å². The van der Waals surface area contributed by atoms with Crippen molar-refractivity contribution in [3.63, 3.8) is 0 Å². The van der Waals surface area contributed by atoms with E-state index in [0.29, 0.717) is 22.4 Å². The molecule has 0 radical (unpaired) electrons. The Labute approximate surface area is 233 Å². The van der Waals surface area contributed by atoms with Crippen molar-refractivity contribution in [2.45, 2.75) is 6.92 Å². The van der Waals surface area contributed by atoms with Crippen molar-refractivity contribution in [3.05, 3.63) is 124 Å². The highest BCUT2D eigenvalue weighted by Crippen LogP contribution is 2.30. The number of esters is 2. The fraction of sp³-hybridized carbons (Fsp3) is 0.0667. The standard InChI is InChI=1S/C30H23BrN2O6/c1-20-12-14-25(24(31)16-20)37-19-28(34)33-32-18-21-13-15-26(38-29(35)22-8-4-2-5-9-22)27(17-21)39-30(36)23-10-6-3-7-11-23/h2-18H,19H2,1H3,(H,33,34). The Morgan fingerprint density at radius 2 is 1.36 bits per heavy atom. The maximum atomic E-state index is 12.7. The summed E-state index contributed by atoms with van der Waals surface area (Å²) in [6.07, 6.45) is 1.36. The van der Waals surface area contributed by atoms with Crippen LogP contribution in [0.2, 0.25) is 0 Å². The molecule has 4 rings (SSSR count). The predicted octanol–water partition coefficient (Wildman–Crippen LogP) is 5.73. The largest absolute Gasteiger partial charge is 0.483 e. The predicted molar refractivity (Wildman–Crippen MR) is 149 cm³/mol. The van der Waals surface area contributed by atoms with E-state index < -0.39 is 17.8 Å². The van der Waals surface area contributed by atoms with Crippen molar-refractivity contribution in [2.75, 3.05) is 6.61 Å². The van der Waals surface area contributed by atoms with Gasteiger partial charge in [-0.25, -0.2) is 15.0 Å². The van der Waals surface area contributed by atoms with Crippen LogP contribution in [0, 0.1) is 6.92 Å². The van der Waals surface area contributed by atoms with Gasteiger partial charge in [0, 0.05) is 0 Å². The number of nitrogens with one attached hydrogen (secondary N) is 1. The van der Waals surface area contributed by atoms with E-state index in [1.807, 2.05) is 19.1 Å². The second kappa shape index (κ2) is 13.2. The maximum absolute atomic E-state index is 12.7. The van der Waals surface area contributed by atoms with Gasteiger partial charge in [-0.15, -0.1) is 0 Å². The molecule has 0 saturated carbocycles. The van der Waals surface area contributed by atoms with Gasteiger partial charge in [0.1, 0.15) is 5.75 Å². The smallest absolute Gasteiger partial charge is 0.343 e. The van der Waals surface area contributed by atoms with Crippen molar-refractivity contribution in [1.82, 2.24) is 5.43 Å². The lowest BCUT2D eigenvalue weighted by atomic mass is 10.2. The van der Waals surface area contributed by atoms with Gasteiger partial charge in [-0.05, 0) is 88.6 Å². The minimum atomic E-state index is -0.630. The number of benzene rings is 4. The molecule has 0 aromatic heterocycles. The van der Waals surface area contributed by atoms with Crippen LogP contribution >= 0.6 is 15.9 Å². The van der Waals surface area contributed by atoms with Gasteiger partial charge in [-0.3, -0.25) is 4.79 Å². The monoisotopic (exact) mass is 586 g/mol. The number of hydrogen-bond acceptors (Lipinski definition) is 7. The van der Waals surface area contributed by atoms with Crippen LogP contribution in [0.5, 0.6) is 17.2 Å². The zero-order chi connectivity index (χ0) is 27.6. The molecule has 0 fully saturated rings. The van der Waals surface area contributed by atoms with Crippen LogP contribution in [0.3, 0.4) is 0 Å². The minimum absolute atomic E-state index is 0.0102. The lowest BCUT2D eigenvalue weighted by Gasteiger charge is -2.11. The molecule has 0 aliphatic rings. The quantitative estimate of drug-likeness (QED) is 0.116. The highest BCUT2D eigenvalue weighted by Gasteiger charge is 2.17.